The molecule has 1 aromatic carbocycles. The van der Waals surface area contributed by atoms with Gasteiger partial charge in [0.1, 0.15) is 5.75 Å². The third-order valence-electron chi connectivity index (χ3n) is 3.96. The van der Waals surface area contributed by atoms with E-state index in [1.165, 1.54) is 24.9 Å². The van der Waals surface area contributed by atoms with Gasteiger partial charge >= 0.3 is 0 Å². The Morgan fingerprint density at radius 3 is 2.95 bits per heavy atom. The quantitative estimate of drug-likeness (QED) is 0.726. The van der Waals surface area contributed by atoms with Gasteiger partial charge in [0.05, 0.1) is 18.2 Å². The molecule has 1 fully saturated rings. The van der Waals surface area contributed by atoms with Crippen LogP contribution in [0.2, 0.25) is 0 Å². The van der Waals surface area contributed by atoms with Gasteiger partial charge in [-0.1, -0.05) is 6.07 Å². The molecule has 21 heavy (non-hydrogen) atoms. The molecule has 1 unspecified atom stereocenters. The number of hydrogen-bond donors (Lipinski definition) is 1. The molecule has 2 rings (SSSR count). The molecule has 5 heteroatoms. The zero-order chi connectivity index (χ0) is 15.1. The molecule has 0 aliphatic carbocycles. The number of benzene rings is 1. The topological polar surface area (TPSA) is 33.7 Å². The van der Waals surface area contributed by atoms with Crippen molar-refractivity contribution in [2.45, 2.75) is 25.4 Å². The van der Waals surface area contributed by atoms with E-state index in [0.29, 0.717) is 6.04 Å². The minimum Gasteiger partial charge on any atom is -0.496 e. The molecule has 0 amide bonds. The molecular weight excluding hydrogens is 332 g/mol. The fourth-order valence-corrected chi connectivity index (χ4v) is 3.41. The first-order valence-electron chi connectivity index (χ1n) is 7.50. The maximum Gasteiger partial charge on any atom is 0.133 e. The van der Waals surface area contributed by atoms with E-state index in [1.807, 2.05) is 6.07 Å². The molecule has 1 aromatic rings. The minimum atomic E-state index is 0.628. The van der Waals surface area contributed by atoms with Crippen LogP contribution in [0.25, 0.3) is 0 Å². The van der Waals surface area contributed by atoms with Gasteiger partial charge in [-0.15, -0.1) is 0 Å². The molecule has 1 N–H and O–H groups in total. The summed E-state index contributed by atoms with van der Waals surface area (Å²) in [7, 11) is 3.44. The average molecular weight is 357 g/mol. The van der Waals surface area contributed by atoms with E-state index in [4.69, 9.17) is 9.47 Å². The van der Waals surface area contributed by atoms with Crippen molar-refractivity contribution in [3.05, 3.63) is 28.2 Å². The molecule has 1 heterocycles. The molecule has 0 spiro atoms. The van der Waals surface area contributed by atoms with Crippen LogP contribution < -0.4 is 10.1 Å². The van der Waals surface area contributed by atoms with Crippen LogP contribution in [-0.2, 0) is 11.3 Å². The van der Waals surface area contributed by atoms with Gasteiger partial charge in [-0.3, -0.25) is 4.90 Å². The molecule has 4 nitrogen and oxygen atoms in total. The molecule has 1 atom stereocenters. The van der Waals surface area contributed by atoms with E-state index in [-0.39, 0.29) is 0 Å². The van der Waals surface area contributed by atoms with Crippen LogP contribution in [0.3, 0.4) is 0 Å². The van der Waals surface area contributed by atoms with E-state index in [0.717, 1.165) is 36.5 Å². The van der Waals surface area contributed by atoms with Crippen molar-refractivity contribution in [1.29, 1.82) is 0 Å². The smallest absolute Gasteiger partial charge is 0.133 e. The molecule has 0 saturated carbocycles. The van der Waals surface area contributed by atoms with Crippen molar-refractivity contribution < 1.29 is 9.47 Å². The van der Waals surface area contributed by atoms with Crippen molar-refractivity contribution in [3.63, 3.8) is 0 Å². The van der Waals surface area contributed by atoms with Gasteiger partial charge in [-0.25, -0.2) is 0 Å². The Balaban J connectivity index is 1.87. The highest BCUT2D eigenvalue weighted by molar-refractivity contribution is 9.10. The predicted molar refractivity (Wildman–Crippen MR) is 88.9 cm³/mol. The number of rotatable bonds is 8. The summed E-state index contributed by atoms with van der Waals surface area (Å²) in [6, 6.07) is 6.97. The largest absolute Gasteiger partial charge is 0.496 e. The van der Waals surface area contributed by atoms with Crippen LogP contribution in [0.4, 0.5) is 0 Å². The van der Waals surface area contributed by atoms with Gasteiger partial charge in [-0.05, 0) is 53.0 Å². The van der Waals surface area contributed by atoms with E-state index in [1.54, 1.807) is 14.2 Å². The third kappa shape index (κ3) is 4.95. The summed E-state index contributed by atoms with van der Waals surface area (Å²) < 4.78 is 11.4. The fraction of sp³-hybridized carbons (Fsp3) is 0.625. The van der Waals surface area contributed by atoms with Crippen molar-refractivity contribution >= 4 is 15.9 Å². The third-order valence-corrected chi connectivity index (χ3v) is 4.58. The molecule has 1 aliphatic rings. The predicted octanol–water partition coefficient (Wildman–Crippen LogP) is 2.66. The summed E-state index contributed by atoms with van der Waals surface area (Å²) in [6.07, 6.45) is 2.56. The molecule has 0 bridgehead atoms. The first kappa shape index (κ1) is 16.7. The number of nitrogens with one attached hydrogen (secondary N) is 1. The molecule has 0 radical (unpaired) electrons. The van der Waals surface area contributed by atoms with E-state index in [2.05, 4.69) is 38.3 Å². The fourth-order valence-electron chi connectivity index (χ4n) is 2.82. The van der Waals surface area contributed by atoms with Crippen LogP contribution in [0, 0.1) is 0 Å². The van der Waals surface area contributed by atoms with Crippen LogP contribution >= 0.6 is 15.9 Å². The van der Waals surface area contributed by atoms with Crippen LogP contribution in [0.5, 0.6) is 5.75 Å². The highest BCUT2D eigenvalue weighted by Gasteiger charge is 2.24. The highest BCUT2D eigenvalue weighted by atomic mass is 79.9. The lowest BCUT2D eigenvalue weighted by molar-refractivity contribution is 0.191. The lowest BCUT2D eigenvalue weighted by Crippen LogP contribution is -2.38. The molecule has 1 saturated heterocycles. The summed E-state index contributed by atoms with van der Waals surface area (Å²) in [4.78, 5) is 2.56. The summed E-state index contributed by atoms with van der Waals surface area (Å²) in [5, 5.41) is 3.48. The second kappa shape index (κ2) is 8.73. The summed E-state index contributed by atoms with van der Waals surface area (Å²) in [6.45, 7) is 4.92. The first-order valence-corrected chi connectivity index (χ1v) is 8.30. The van der Waals surface area contributed by atoms with Gasteiger partial charge in [0.2, 0.25) is 0 Å². The minimum absolute atomic E-state index is 0.628. The maximum absolute atomic E-state index is 5.28. The van der Waals surface area contributed by atoms with Crippen molar-refractivity contribution in [2.24, 2.45) is 0 Å². The second-order valence-electron chi connectivity index (χ2n) is 5.43. The van der Waals surface area contributed by atoms with Crippen molar-refractivity contribution in [1.82, 2.24) is 10.2 Å². The van der Waals surface area contributed by atoms with Crippen molar-refractivity contribution in [3.8, 4) is 5.75 Å². The van der Waals surface area contributed by atoms with Crippen molar-refractivity contribution in [2.75, 3.05) is 40.5 Å². The maximum atomic E-state index is 5.28. The summed E-state index contributed by atoms with van der Waals surface area (Å²) in [5.74, 6) is 0.887. The van der Waals surface area contributed by atoms with Crippen LogP contribution in [0.1, 0.15) is 18.4 Å². The Hall–Kier alpha value is -0.620. The Labute approximate surface area is 135 Å². The molecule has 1 aliphatic heterocycles. The van der Waals surface area contributed by atoms with Gasteiger partial charge in [-0.2, -0.15) is 0 Å². The monoisotopic (exact) mass is 356 g/mol. The zero-order valence-electron chi connectivity index (χ0n) is 12.9. The van der Waals surface area contributed by atoms with Gasteiger partial charge < -0.3 is 14.8 Å². The van der Waals surface area contributed by atoms with Gasteiger partial charge in [0, 0.05) is 32.8 Å². The van der Waals surface area contributed by atoms with Crippen LogP contribution in [-0.4, -0.2) is 51.4 Å². The Kier molecular flexibility index (Phi) is 6.96. The lowest BCUT2D eigenvalue weighted by Gasteiger charge is -2.25. The van der Waals surface area contributed by atoms with E-state index >= 15 is 0 Å². The average Bonchev–Trinajstić information content (AvgIpc) is 2.91. The number of nitrogens with zero attached hydrogens (tertiary/aromatic N) is 1. The SMILES string of the molecule is COCCNCC1CCCN1Cc1ccc(OC)c(Br)c1. The van der Waals surface area contributed by atoms with Gasteiger partial charge in [0.15, 0.2) is 0 Å². The lowest BCUT2D eigenvalue weighted by atomic mass is 10.1. The summed E-state index contributed by atoms with van der Waals surface area (Å²) >= 11 is 3.56. The number of methoxy groups -OCH3 is 2. The molecule has 0 aromatic heterocycles. The number of ether oxygens (including phenoxy) is 2. The Morgan fingerprint density at radius 2 is 2.24 bits per heavy atom. The Morgan fingerprint density at radius 1 is 1.38 bits per heavy atom. The summed E-state index contributed by atoms with van der Waals surface area (Å²) in [5.41, 5.74) is 1.33. The second-order valence-corrected chi connectivity index (χ2v) is 6.29. The number of hydrogen-bond acceptors (Lipinski definition) is 4. The number of halogens is 1. The van der Waals surface area contributed by atoms with Gasteiger partial charge in [0.25, 0.3) is 0 Å². The van der Waals surface area contributed by atoms with E-state index in [9.17, 15) is 0 Å². The standard InChI is InChI=1S/C16H25BrN2O2/c1-20-9-7-18-11-14-4-3-8-19(14)12-13-5-6-16(21-2)15(17)10-13/h5-6,10,14,18H,3-4,7-9,11-12H2,1-2H3. The first-order chi connectivity index (χ1) is 10.2. The molecule has 118 valence electrons. The molecular formula is C16H25BrN2O2. The zero-order valence-corrected chi connectivity index (χ0v) is 14.5. The normalized spacial score (nSPS) is 19.1. The number of likely N-dealkylation sites (tertiary alicyclic amines) is 1. The van der Waals surface area contributed by atoms with E-state index < -0.39 is 0 Å². The van der Waals surface area contributed by atoms with Crippen LogP contribution in [0.15, 0.2) is 22.7 Å². The Bertz CT molecular complexity index is 442. The highest BCUT2D eigenvalue weighted by Crippen LogP contribution is 2.27.